The monoisotopic (exact) mass is 306 g/mol. The van der Waals surface area contributed by atoms with Crippen LogP contribution in [-0.4, -0.2) is 36.6 Å². The molecule has 1 heterocycles. The van der Waals surface area contributed by atoms with Crippen LogP contribution in [0.15, 0.2) is 41.2 Å². The maximum atomic E-state index is 11.9. The number of hydrogen-bond acceptors (Lipinski definition) is 4. The first-order chi connectivity index (χ1) is 9.91. The van der Waals surface area contributed by atoms with Crippen molar-refractivity contribution in [3.63, 3.8) is 0 Å². The van der Waals surface area contributed by atoms with Crippen LogP contribution in [0.1, 0.15) is 19.4 Å². The fourth-order valence-electron chi connectivity index (χ4n) is 2.36. The van der Waals surface area contributed by atoms with E-state index in [2.05, 4.69) is 5.16 Å². The average molecular weight is 307 g/mol. The molecule has 0 N–H and O–H groups in total. The normalized spacial score (nSPS) is 21.8. The lowest BCUT2D eigenvalue weighted by atomic mass is 9.89. The lowest BCUT2D eigenvalue weighted by Crippen LogP contribution is -2.27. The molecule has 0 fully saturated rings. The van der Waals surface area contributed by atoms with Crippen molar-refractivity contribution in [3.05, 3.63) is 46.6 Å². The average Bonchev–Trinajstić information content (AvgIpc) is 2.78. The number of benzene rings is 1. The maximum Gasteiger partial charge on any atom is 0.165 e. The molecular weight excluding hydrogens is 288 g/mol. The molecule has 0 bridgehead atoms. The Kier molecular flexibility index (Phi) is 4.68. The number of carbonyl (C=O) groups is 1. The lowest BCUT2D eigenvalue weighted by molar-refractivity contribution is -0.115. The minimum atomic E-state index is -0.379. The third kappa shape index (κ3) is 3.27. The number of rotatable bonds is 4. The predicted octanol–water partition coefficient (Wildman–Crippen LogP) is 3.11. The smallest absolute Gasteiger partial charge is 0.165 e. The SMILES string of the molecule is CC(=O)/C(=C\N(C)C)C1ON=C(c2ccccc2Cl)C1C. The zero-order chi connectivity index (χ0) is 15.6. The van der Waals surface area contributed by atoms with E-state index >= 15 is 0 Å². The van der Waals surface area contributed by atoms with E-state index < -0.39 is 0 Å². The number of Topliss-reactive ketones (excluding diaryl/α,β-unsaturated/α-hetero) is 1. The van der Waals surface area contributed by atoms with Crippen LogP contribution in [0.5, 0.6) is 0 Å². The van der Waals surface area contributed by atoms with E-state index in [1.807, 2.05) is 50.2 Å². The molecule has 112 valence electrons. The van der Waals surface area contributed by atoms with E-state index in [9.17, 15) is 4.79 Å². The van der Waals surface area contributed by atoms with Crippen molar-refractivity contribution in [2.75, 3.05) is 14.1 Å². The second-order valence-corrected chi connectivity index (χ2v) is 5.78. The highest BCUT2D eigenvalue weighted by molar-refractivity contribution is 6.34. The first kappa shape index (κ1) is 15.6. The molecule has 4 nitrogen and oxygen atoms in total. The number of oxime groups is 1. The van der Waals surface area contributed by atoms with Gasteiger partial charge in [0.2, 0.25) is 0 Å². The molecule has 1 aliphatic heterocycles. The highest BCUT2D eigenvalue weighted by Crippen LogP contribution is 2.30. The molecule has 0 aliphatic carbocycles. The van der Waals surface area contributed by atoms with Gasteiger partial charge in [-0.25, -0.2) is 0 Å². The van der Waals surface area contributed by atoms with Gasteiger partial charge in [-0.3, -0.25) is 4.79 Å². The molecule has 1 aromatic rings. The zero-order valence-corrected chi connectivity index (χ0v) is 13.4. The summed E-state index contributed by atoms with van der Waals surface area (Å²) in [6.45, 7) is 3.53. The van der Waals surface area contributed by atoms with E-state index in [1.54, 1.807) is 13.1 Å². The third-order valence-electron chi connectivity index (χ3n) is 3.41. The Bertz CT molecular complexity index is 608. The lowest BCUT2D eigenvalue weighted by Gasteiger charge is -2.18. The highest BCUT2D eigenvalue weighted by atomic mass is 35.5. The second-order valence-electron chi connectivity index (χ2n) is 5.38. The Balaban J connectivity index is 2.30. The van der Waals surface area contributed by atoms with Gasteiger partial charge in [-0.1, -0.05) is 41.9 Å². The summed E-state index contributed by atoms with van der Waals surface area (Å²) in [7, 11) is 3.75. The molecule has 2 atom stereocenters. The Hall–Kier alpha value is -1.81. The van der Waals surface area contributed by atoms with Crippen molar-refractivity contribution < 1.29 is 9.63 Å². The molecule has 2 unspecified atom stereocenters. The van der Waals surface area contributed by atoms with Crippen LogP contribution in [-0.2, 0) is 9.63 Å². The Morgan fingerprint density at radius 2 is 2.05 bits per heavy atom. The van der Waals surface area contributed by atoms with Crippen molar-refractivity contribution in [2.24, 2.45) is 11.1 Å². The van der Waals surface area contributed by atoms with Gasteiger partial charge < -0.3 is 9.74 Å². The van der Waals surface area contributed by atoms with Gasteiger partial charge in [0.15, 0.2) is 11.9 Å². The van der Waals surface area contributed by atoms with Crippen LogP contribution in [0.2, 0.25) is 5.02 Å². The van der Waals surface area contributed by atoms with Gasteiger partial charge in [0.1, 0.15) is 0 Å². The predicted molar refractivity (Wildman–Crippen MR) is 84.5 cm³/mol. The molecule has 0 amide bonds. The summed E-state index contributed by atoms with van der Waals surface area (Å²) in [4.78, 5) is 19.2. The molecule has 2 rings (SSSR count). The maximum absolute atomic E-state index is 11.9. The Morgan fingerprint density at radius 3 is 2.62 bits per heavy atom. The van der Waals surface area contributed by atoms with Crippen molar-refractivity contribution in [3.8, 4) is 0 Å². The number of hydrogen-bond donors (Lipinski definition) is 0. The zero-order valence-electron chi connectivity index (χ0n) is 12.6. The summed E-state index contributed by atoms with van der Waals surface area (Å²) in [5.74, 6) is -0.0591. The minimum Gasteiger partial charge on any atom is -0.386 e. The summed E-state index contributed by atoms with van der Waals surface area (Å²) >= 11 is 6.22. The van der Waals surface area contributed by atoms with Crippen molar-refractivity contribution in [1.82, 2.24) is 4.90 Å². The fourth-order valence-corrected chi connectivity index (χ4v) is 2.60. The largest absolute Gasteiger partial charge is 0.386 e. The minimum absolute atomic E-state index is 0.0174. The Morgan fingerprint density at radius 1 is 1.38 bits per heavy atom. The molecule has 5 heteroatoms. The van der Waals surface area contributed by atoms with Crippen LogP contribution in [0, 0.1) is 5.92 Å². The van der Waals surface area contributed by atoms with E-state index in [4.69, 9.17) is 16.4 Å². The van der Waals surface area contributed by atoms with Crippen molar-refractivity contribution in [2.45, 2.75) is 20.0 Å². The van der Waals surface area contributed by atoms with Gasteiger partial charge in [-0.2, -0.15) is 0 Å². The van der Waals surface area contributed by atoms with Gasteiger partial charge in [-0.05, 0) is 13.0 Å². The molecule has 0 aromatic heterocycles. The van der Waals surface area contributed by atoms with E-state index in [1.165, 1.54) is 0 Å². The molecular formula is C16H19ClN2O2. The first-order valence-corrected chi connectivity index (χ1v) is 7.17. The topological polar surface area (TPSA) is 41.9 Å². The van der Waals surface area contributed by atoms with E-state index in [0.29, 0.717) is 10.6 Å². The molecule has 0 spiro atoms. The molecule has 0 saturated carbocycles. The summed E-state index contributed by atoms with van der Waals surface area (Å²) in [5, 5.41) is 4.79. The van der Waals surface area contributed by atoms with Crippen molar-refractivity contribution >= 4 is 23.1 Å². The number of halogens is 1. The molecule has 1 aliphatic rings. The standard InChI is InChI=1S/C16H19ClN2O2/c1-10-15(12-7-5-6-8-14(12)17)18-21-16(10)13(11(2)20)9-19(3)4/h5-10,16H,1-4H3/b13-9+. The van der Waals surface area contributed by atoms with Gasteiger partial charge >= 0.3 is 0 Å². The highest BCUT2D eigenvalue weighted by Gasteiger charge is 2.36. The van der Waals surface area contributed by atoms with Crippen LogP contribution in [0.25, 0.3) is 0 Å². The number of carbonyl (C=O) groups excluding carboxylic acids is 1. The summed E-state index contributed by atoms with van der Waals surface area (Å²) in [5.41, 5.74) is 2.23. The fraction of sp³-hybridized carbons (Fsp3) is 0.375. The summed E-state index contributed by atoms with van der Waals surface area (Å²) in [6, 6.07) is 7.51. The van der Waals surface area contributed by atoms with E-state index in [-0.39, 0.29) is 17.8 Å². The summed E-state index contributed by atoms with van der Waals surface area (Å²) in [6.07, 6.45) is 1.41. The Labute approximate surface area is 130 Å². The summed E-state index contributed by atoms with van der Waals surface area (Å²) < 4.78 is 0. The van der Waals surface area contributed by atoms with Crippen LogP contribution in [0.4, 0.5) is 0 Å². The van der Waals surface area contributed by atoms with E-state index in [0.717, 1.165) is 11.3 Å². The molecule has 1 aromatic carbocycles. The van der Waals surface area contributed by atoms with Gasteiger partial charge in [0, 0.05) is 36.8 Å². The van der Waals surface area contributed by atoms with Gasteiger partial charge in [0.25, 0.3) is 0 Å². The van der Waals surface area contributed by atoms with Gasteiger partial charge in [0.05, 0.1) is 11.3 Å². The first-order valence-electron chi connectivity index (χ1n) is 6.79. The van der Waals surface area contributed by atoms with Gasteiger partial charge in [-0.15, -0.1) is 0 Å². The van der Waals surface area contributed by atoms with Crippen LogP contribution < -0.4 is 0 Å². The molecule has 0 radical (unpaired) electrons. The molecule has 21 heavy (non-hydrogen) atoms. The molecule has 0 saturated heterocycles. The van der Waals surface area contributed by atoms with Crippen molar-refractivity contribution in [1.29, 1.82) is 0 Å². The number of ketones is 1. The van der Waals surface area contributed by atoms with Crippen LogP contribution >= 0.6 is 11.6 Å². The quantitative estimate of drug-likeness (QED) is 0.803. The third-order valence-corrected chi connectivity index (χ3v) is 3.74. The van der Waals surface area contributed by atoms with Crippen LogP contribution in [0.3, 0.4) is 0 Å². The second kappa shape index (κ2) is 6.31. The number of nitrogens with zero attached hydrogens (tertiary/aromatic N) is 2.